The number of nitrogens with zero attached hydrogens (tertiary/aromatic N) is 2. The predicted octanol–water partition coefficient (Wildman–Crippen LogP) is 1.60. The zero-order valence-electron chi connectivity index (χ0n) is 13.8. The molecule has 0 radical (unpaired) electrons. The van der Waals surface area contributed by atoms with Gasteiger partial charge in [-0.25, -0.2) is 0 Å². The van der Waals surface area contributed by atoms with Crippen LogP contribution in [0.15, 0.2) is 41.2 Å². The number of rotatable bonds is 3. The largest absolute Gasteiger partial charge is 0.328 e. The molecule has 1 unspecified atom stereocenters. The van der Waals surface area contributed by atoms with E-state index >= 15 is 0 Å². The summed E-state index contributed by atoms with van der Waals surface area (Å²) in [7, 11) is 0. The summed E-state index contributed by atoms with van der Waals surface area (Å²) >= 11 is 5.91. The molecule has 132 valence electrons. The lowest BCUT2D eigenvalue weighted by Crippen LogP contribution is -2.47. The van der Waals surface area contributed by atoms with E-state index < -0.39 is 17.1 Å². The third-order valence-corrected chi connectivity index (χ3v) is 5.13. The minimum atomic E-state index is -1.08. The zero-order chi connectivity index (χ0) is 18.6. The van der Waals surface area contributed by atoms with Gasteiger partial charge in [0.25, 0.3) is 23.3 Å². The van der Waals surface area contributed by atoms with Crippen LogP contribution in [0.1, 0.15) is 44.5 Å². The van der Waals surface area contributed by atoms with E-state index in [-0.39, 0.29) is 35.5 Å². The van der Waals surface area contributed by atoms with Crippen LogP contribution in [0.3, 0.4) is 0 Å². The highest BCUT2D eigenvalue weighted by Gasteiger charge is 2.42. The Kier molecular flexibility index (Phi) is 3.52. The smallest absolute Gasteiger partial charge is 0.271 e. The van der Waals surface area contributed by atoms with Crippen molar-refractivity contribution in [2.75, 3.05) is 6.54 Å². The number of aromatic nitrogens is 1. The van der Waals surface area contributed by atoms with Gasteiger partial charge in [-0.05, 0) is 31.2 Å². The lowest BCUT2D eigenvalue weighted by atomic mass is 10.1. The standard InChI is InChI=1S/C18H14ClN3O4/c1-18(20-14(23)13-7-6-12(19)17(26)22(13)18)8-9-21-15(24)10-4-2-3-5-11(10)16(21)25/h2-7H,8-9H2,1H3,(H,20,23). The third-order valence-electron chi connectivity index (χ3n) is 4.85. The van der Waals surface area contributed by atoms with Gasteiger partial charge in [-0.3, -0.25) is 28.6 Å². The molecule has 1 aromatic heterocycles. The minimum Gasteiger partial charge on any atom is -0.328 e. The molecule has 8 heteroatoms. The van der Waals surface area contributed by atoms with Crippen LogP contribution in [-0.2, 0) is 5.66 Å². The molecule has 2 aliphatic heterocycles. The third kappa shape index (κ3) is 2.20. The number of carbonyl (C=O) groups excluding carboxylic acids is 3. The fourth-order valence-electron chi connectivity index (χ4n) is 3.49. The van der Waals surface area contributed by atoms with Gasteiger partial charge < -0.3 is 5.32 Å². The Balaban J connectivity index is 1.64. The highest BCUT2D eigenvalue weighted by atomic mass is 35.5. The van der Waals surface area contributed by atoms with Crippen molar-refractivity contribution in [1.82, 2.24) is 14.8 Å². The first-order chi connectivity index (χ1) is 12.3. The summed E-state index contributed by atoms with van der Waals surface area (Å²) in [6.45, 7) is 1.72. The van der Waals surface area contributed by atoms with Gasteiger partial charge in [0.05, 0.1) is 11.1 Å². The maximum absolute atomic E-state index is 12.5. The molecule has 0 saturated heterocycles. The number of carbonyl (C=O) groups is 3. The van der Waals surface area contributed by atoms with Gasteiger partial charge in [0.2, 0.25) is 0 Å². The monoisotopic (exact) mass is 371 g/mol. The number of fused-ring (bicyclic) bond motifs is 2. The first kappa shape index (κ1) is 16.5. The molecular weight excluding hydrogens is 358 g/mol. The molecule has 0 aliphatic carbocycles. The summed E-state index contributed by atoms with van der Waals surface area (Å²) in [5.74, 6) is -1.15. The van der Waals surface area contributed by atoms with Crippen LogP contribution in [0.25, 0.3) is 0 Å². The number of benzene rings is 1. The van der Waals surface area contributed by atoms with E-state index in [9.17, 15) is 19.2 Å². The second-order valence-corrected chi connectivity index (χ2v) is 6.90. The van der Waals surface area contributed by atoms with Gasteiger partial charge in [0.1, 0.15) is 16.4 Å². The van der Waals surface area contributed by atoms with Crippen molar-refractivity contribution in [2.24, 2.45) is 0 Å². The SMILES string of the molecule is CC1(CCN2C(=O)c3ccccc3C2=O)NC(=O)c2ccc(Cl)c(=O)n21. The number of nitrogens with one attached hydrogen (secondary N) is 1. The van der Waals surface area contributed by atoms with Crippen LogP contribution in [0.5, 0.6) is 0 Å². The van der Waals surface area contributed by atoms with Gasteiger partial charge in [-0.15, -0.1) is 0 Å². The zero-order valence-corrected chi connectivity index (χ0v) is 14.5. The van der Waals surface area contributed by atoms with Crippen molar-refractivity contribution >= 4 is 29.3 Å². The number of hydrogen-bond acceptors (Lipinski definition) is 4. The van der Waals surface area contributed by atoms with Crippen molar-refractivity contribution in [2.45, 2.75) is 19.0 Å². The van der Waals surface area contributed by atoms with E-state index in [1.54, 1.807) is 31.2 Å². The molecule has 1 N–H and O–H groups in total. The van der Waals surface area contributed by atoms with Gasteiger partial charge in [0.15, 0.2) is 0 Å². The Hall–Kier alpha value is -2.93. The average Bonchev–Trinajstić information content (AvgIpc) is 3.02. The molecule has 0 saturated carbocycles. The molecular formula is C18H14ClN3O4. The Labute approximate surface area is 153 Å². The number of amides is 3. The molecule has 3 heterocycles. The number of halogens is 1. The first-order valence-electron chi connectivity index (χ1n) is 8.03. The summed E-state index contributed by atoms with van der Waals surface area (Å²) in [4.78, 5) is 50.7. The maximum atomic E-state index is 12.5. The molecule has 4 rings (SSSR count). The lowest BCUT2D eigenvalue weighted by molar-refractivity contribution is 0.0629. The number of pyridine rings is 1. The van der Waals surface area contributed by atoms with Crippen LogP contribution in [0.4, 0.5) is 0 Å². The van der Waals surface area contributed by atoms with Crippen molar-refractivity contribution < 1.29 is 14.4 Å². The average molecular weight is 372 g/mol. The Morgan fingerprint density at radius 2 is 1.62 bits per heavy atom. The Morgan fingerprint density at radius 1 is 1.00 bits per heavy atom. The van der Waals surface area contributed by atoms with Crippen LogP contribution in [0.2, 0.25) is 5.02 Å². The van der Waals surface area contributed by atoms with E-state index in [4.69, 9.17) is 11.6 Å². The van der Waals surface area contributed by atoms with E-state index in [2.05, 4.69) is 5.32 Å². The lowest BCUT2D eigenvalue weighted by Gasteiger charge is -2.28. The second kappa shape index (κ2) is 5.54. The van der Waals surface area contributed by atoms with Crippen LogP contribution < -0.4 is 10.9 Å². The van der Waals surface area contributed by atoms with E-state index in [0.29, 0.717) is 11.1 Å². The molecule has 7 nitrogen and oxygen atoms in total. The second-order valence-electron chi connectivity index (χ2n) is 6.49. The summed E-state index contributed by atoms with van der Waals surface area (Å²) in [5, 5.41) is 2.75. The molecule has 2 aromatic rings. The van der Waals surface area contributed by atoms with Crippen LogP contribution in [-0.4, -0.2) is 33.7 Å². The van der Waals surface area contributed by atoms with Crippen molar-refractivity contribution in [3.05, 3.63) is 68.6 Å². The van der Waals surface area contributed by atoms with Crippen molar-refractivity contribution in [3.63, 3.8) is 0 Å². The molecule has 0 fully saturated rings. The topological polar surface area (TPSA) is 88.5 Å². The van der Waals surface area contributed by atoms with Gasteiger partial charge in [-0.1, -0.05) is 23.7 Å². The Bertz CT molecular complexity index is 1010. The van der Waals surface area contributed by atoms with E-state index in [1.807, 2.05) is 0 Å². The van der Waals surface area contributed by atoms with Crippen LogP contribution >= 0.6 is 11.6 Å². The molecule has 0 bridgehead atoms. The summed E-state index contributed by atoms with van der Waals surface area (Å²) in [6.07, 6.45) is 0.178. The van der Waals surface area contributed by atoms with Gasteiger partial charge in [0, 0.05) is 13.0 Å². The summed E-state index contributed by atoms with van der Waals surface area (Å²) in [6, 6.07) is 9.47. The summed E-state index contributed by atoms with van der Waals surface area (Å²) < 4.78 is 1.29. The number of imide groups is 1. The molecule has 3 amide bonds. The minimum absolute atomic E-state index is 0.00259. The molecule has 1 aromatic carbocycles. The fourth-order valence-corrected chi connectivity index (χ4v) is 3.64. The van der Waals surface area contributed by atoms with Crippen molar-refractivity contribution in [1.29, 1.82) is 0 Å². The van der Waals surface area contributed by atoms with Gasteiger partial charge >= 0.3 is 0 Å². The predicted molar refractivity (Wildman–Crippen MR) is 93.3 cm³/mol. The number of hydrogen-bond donors (Lipinski definition) is 1. The normalized spacial score (nSPS) is 21.0. The molecule has 0 spiro atoms. The highest BCUT2D eigenvalue weighted by Crippen LogP contribution is 2.28. The van der Waals surface area contributed by atoms with E-state index in [0.717, 1.165) is 4.90 Å². The maximum Gasteiger partial charge on any atom is 0.271 e. The van der Waals surface area contributed by atoms with Crippen molar-refractivity contribution in [3.8, 4) is 0 Å². The molecule has 2 aliphatic rings. The first-order valence-corrected chi connectivity index (χ1v) is 8.41. The van der Waals surface area contributed by atoms with E-state index in [1.165, 1.54) is 16.7 Å². The highest BCUT2D eigenvalue weighted by molar-refractivity contribution is 6.30. The fraction of sp³-hybridized carbons (Fsp3) is 0.222. The van der Waals surface area contributed by atoms with Crippen LogP contribution in [0, 0.1) is 0 Å². The summed E-state index contributed by atoms with van der Waals surface area (Å²) in [5.41, 5.74) is -0.655. The Morgan fingerprint density at radius 3 is 2.23 bits per heavy atom. The van der Waals surface area contributed by atoms with Gasteiger partial charge in [-0.2, -0.15) is 0 Å². The molecule has 1 atom stereocenters. The molecule has 26 heavy (non-hydrogen) atoms. The quantitative estimate of drug-likeness (QED) is 0.830.